The molecule has 0 aliphatic carbocycles. The Bertz CT molecular complexity index is 497. The Hall–Kier alpha value is -0.720. The highest BCUT2D eigenvalue weighted by molar-refractivity contribution is 6.34. The van der Waals surface area contributed by atoms with E-state index in [0.717, 1.165) is 24.5 Å². The van der Waals surface area contributed by atoms with Gasteiger partial charge in [0.2, 0.25) is 5.91 Å². The van der Waals surface area contributed by atoms with Gasteiger partial charge in [-0.2, -0.15) is 0 Å². The van der Waals surface area contributed by atoms with Crippen LogP contribution < -0.4 is 15.5 Å². The Balaban J connectivity index is 0.00000242. The first-order valence-electron chi connectivity index (χ1n) is 7.20. The molecule has 0 saturated carbocycles. The third-order valence-electron chi connectivity index (χ3n) is 3.53. The predicted molar refractivity (Wildman–Crippen MR) is 101 cm³/mol. The molecule has 8 heteroatoms. The van der Waals surface area contributed by atoms with Gasteiger partial charge >= 0.3 is 0 Å². The van der Waals surface area contributed by atoms with Crippen molar-refractivity contribution in [2.45, 2.75) is 6.92 Å². The van der Waals surface area contributed by atoms with Gasteiger partial charge in [0.15, 0.2) is 0 Å². The van der Waals surface area contributed by atoms with Gasteiger partial charge in [0.1, 0.15) is 0 Å². The van der Waals surface area contributed by atoms with Crippen LogP contribution in [0.15, 0.2) is 18.2 Å². The average molecular weight is 385 g/mol. The summed E-state index contributed by atoms with van der Waals surface area (Å²) in [4.78, 5) is 14.4. The number of nitrogens with zero attached hydrogens (tertiary/aromatic N) is 1. The Morgan fingerprint density at radius 1 is 1.35 bits per heavy atom. The molecule has 0 spiro atoms. The first-order chi connectivity index (χ1) is 10.1. The molecule has 0 aromatic heterocycles. The monoisotopic (exact) mass is 383 g/mol. The number of halogens is 3. The third kappa shape index (κ3) is 6.01. The summed E-state index contributed by atoms with van der Waals surface area (Å²) in [6.07, 6.45) is 0. The number of anilines is 2. The lowest BCUT2D eigenvalue weighted by atomic mass is 10.1. The maximum Gasteiger partial charge on any atom is 0.228 e. The molecular formula is C15H24Cl3N3O2. The standard InChI is InChI=1S/C15H22ClN3O2.2ClH/c1-11(10-17-2)15(20)18-13-5-3-4-12(16)14(13)19-6-8-21-9-7-19;;/h3-5,11,17H,6-10H2,1-2H3,(H,18,20);2*1H. The van der Waals surface area contributed by atoms with Crippen LogP contribution in [0.5, 0.6) is 0 Å². The number of rotatable bonds is 5. The zero-order chi connectivity index (χ0) is 15.2. The summed E-state index contributed by atoms with van der Waals surface area (Å²) in [5.41, 5.74) is 1.64. The van der Waals surface area contributed by atoms with E-state index in [4.69, 9.17) is 16.3 Å². The second-order valence-corrected chi connectivity index (χ2v) is 5.59. The molecule has 1 unspecified atom stereocenters. The second kappa shape index (κ2) is 10.9. The quantitative estimate of drug-likeness (QED) is 0.819. The molecule has 1 fully saturated rings. The lowest BCUT2D eigenvalue weighted by molar-refractivity contribution is -0.119. The van der Waals surface area contributed by atoms with E-state index in [1.54, 1.807) is 0 Å². The molecule has 1 heterocycles. The zero-order valence-electron chi connectivity index (χ0n) is 13.3. The molecular weight excluding hydrogens is 361 g/mol. The van der Waals surface area contributed by atoms with E-state index in [2.05, 4.69) is 15.5 Å². The van der Waals surface area contributed by atoms with Crippen LogP contribution in [0.4, 0.5) is 11.4 Å². The summed E-state index contributed by atoms with van der Waals surface area (Å²) in [6, 6.07) is 5.59. The minimum absolute atomic E-state index is 0. The highest BCUT2D eigenvalue weighted by Crippen LogP contribution is 2.34. The molecule has 2 N–H and O–H groups in total. The first-order valence-corrected chi connectivity index (χ1v) is 7.58. The number of ether oxygens (including phenoxy) is 1. The van der Waals surface area contributed by atoms with E-state index in [9.17, 15) is 4.79 Å². The summed E-state index contributed by atoms with van der Waals surface area (Å²) < 4.78 is 5.37. The Labute approximate surface area is 154 Å². The molecule has 1 atom stereocenters. The minimum atomic E-state index is -0.105. The fourth-order valence-electron chi connectivity index (χ4n) is 2.38. The van der Waals surface area contributed by atoms with Crippen molar-refractivity contribution in [1.82, 2.24) is 5.32 Å². The molecule has 1 saturated heterocycles. The number of benzene rings is 1. The predicted octanol–water partition coefficient (Wildman–Crippen LogP) is 2.81. The maximum atomic E-state index is 12.2. The molecule has 0 radical (unpaired) electrons. The van der Waals surface area contributed by atoms with Crippen molar-refractivity contribution in [2.75, 3.05) is 50.1 Å². The molecule has 23 heavy (non-hydrogen) atoms. The van der Waals surface area contributed by atoms with Crippen LogP contribution in [0, 0.1) is 5.92 Å². The van der Waals surface area contributed by atoms with E-state index < -0.39 is 0 Å². The number of para-hydroxylation sites is 1. The molecule has 1 amide bonds. The molecule has 1 aliphatic rings. The number of hydrogen-bond donors (Lipinski definition) is 2. The maximum absolute atomic E-state index is 12.2. The van der Waals surface area contributed by atoms with Crippen molar-refractivity contribution in [3.63, 3.8) is 0 Å². The van der Waals surface area contributed by atoms with Gasteiger partial charge in [0.25, 0.3) is 0 Å². The van der Waals surface area contributed by atoms with Gasteiger partial charge in [-0.25, -0.2) is 0 Å². The average Bonchev–Trinajstić information content (AvgIpc) is 2.48. The van der Waals surface area contributed by atoms with Gasteiger partial charge in [-0.1, -0.05) is 24.6 Å². The fraction of sp³-hybridized carbons (Fsp3) is 0.533. The lowest BCUT2D eigenvalue weighted by Crippen LogP contribution is -2.37. The van der Waals surface area contributed by atoms with Crippen molar-refractivity contribution < 1.29 is 9.53 Å². The fourth-order valence-corrected chi connectivity index (χ4v) is 2.67. The largest absolute Gasteiger partial charge is 0.378 e. The van der Waals surface area contributed by atoms with E-state index in [0.29, 0.717) is 24.8 Å². The number of amides is 1. The molecule has 0 bridgehead atoms. The van der Waals surface area contributed by atoms with Crippen molar-refractivity contribution in [3.05, 3.63) is 23.2 Å². The van der Waals surface area contributed by atoms with Gasteiger partial charge in [0.05, 0.1) is 29.6 Å². The highest BCUT2D eigenvalue weighted by atomic mass is 35.5. The molecule has 1 aromatic rings. The second-order valence-electron chi connectivity index (χ2n) is 5.18. The van der Waals surface area contributed by atoms with Gasteiger partial charge in [-0.15, -0.1) is 24.8 Å². The summed E-state index contributed by atoms with van der Waals surface area (Å²) in [6.45, 7) is 5.44. The lowest BCUT2D eigenvalue weighted by Gasteiger charge is -2.31. The Morgan fingerprint density at radius 2 is 2.00 bits per heavy atom. The summed E-state index contributed by atoms with van der Waals surface area (Å²) in [5, 5.41) is 6.65. The zero-order valence-corrected chi connectivity index (χ0v) is 15.7. The van der Waals surface area contributed by atoms with Gasteiger partial charge < -0.3 is 20.3 Å². The van der Waals surface area contributed by atoms with E-state index in [1.165, 1.54) is 0 Å². The molecule has 5 nitrogen and oxygen atoms in total. The van der Waals surface area contributed by atoms with Crippen LogP contribution in [-0.2, 0) is 9.53 Å². The van der Waals surface area contributed by atoms with Crippen LogP contribution >= 0.6 is 36.4 Å². The number of nitrogens with one attached hydrogen (secondary N) is 2. The summed E-state index contributed by atoms with van der Waals surface area (Å²) in [5.74, 6) is -0.118. The van der Waals surface area contributed by atoms with Crippen molar-refractivity contribution in [3.8, 4) is 0 Å². The van der Waals surface area contributed by atoms with Gasteiger partial charge in [-0.3, -0.25) is 4.79 Å². The molecule has 1 aromatic carbocycles. The molecule has 132 valence electrons. The normalized spacial score (nSPS) is 15.2. The van der Waals surface area contributed by atoms with E-state index in [1.807, 2.05) is 32.2 Å². The third-order valence-corrected chi connectivity index (χ3v) is 3.83. The van der Waals surface area contributed by atoms with E-state index >= 15 is 0 Å². The van der Waals surface area contributed by atoms with Crippen molar-refractivity contribution in [1.29, 1.82) is 0 Å². The number of morpholine rings is 1. The Morgan fingerprint density at radius 3 is 2.61 bits per heavy atom. The van der Waals surface area contributed by atoms with E-state index in [-0.39, 0.29) is 36.6 Å². The number of carbonyl (C=O) groups excluding carboxylic acids is 1. The highest BCUT2D eigenvalue weighted by Gasteiger charge is 2.20. The summed E-state index contributed by atoms with van der Waals surface area (Å²) >= 11 is 6.34. The topological polar surface area (TPSA) is 53.6 Å². The SMILES string of the molecule is CNCC(C)C(=O)Nc1cccc(Cl)c1N1CCOCC1.Cl.Cl. The molecule has 2 rings (SSSR count). The van der Waals surface area contributed by atoms with Crippen LogP contribution in [0.2, 0.25) is 5.02 Å². The summed E-state index contributed by atoms with van der Waals surface area (Å²) in [7, 11) is 1.84. The van der Waals surface area contributed by atoms with Crippen LogP contribution in [0.1, 0.15) is 6.92 Å². The van der Waals surface area contributed by atoms with Crippen LogP contribution in [0.3, 0.4) is 0 Å². The Kier molecular flexibility index (Phi) is 10.6. The van der Waals surface area contributed by atoms with Crippen molar-refractivity contribution in [2.24, 2.45) is 5.92 Å². The number of carbonyl (C=O) groups is 1. The van der Waals surface area contributed by atoms with Crippen LogP contribution in [-0.4, -0.2) is 45.8 Å². The van der Waals surface area contributed by atoms with Crippen LogP contribution in [0.25, 0.3) is 0 Å². The molecule has 1 aliphatic heterocycles. The van der Waals surface area contributed by atoms with Gasteiger partial charge in [-0.05, 0) is 19.2 Å². The van der Waals surface area contributed by atoms with Crippen molar-refractivity contribution >= 4 is 53.7 Å². The number of hydrogen-bond acceptors (Lipinski definition) is 4. The van der Waals surface area contributed by atoms with Gasteiger partial charge in [0, 0.05) is 25.6 Å². The smallest absolute Gasteiger partial charge is 0.228 e. The first kappa shape index (κ1) is 22.3. The minimum Gasteiger partial charge on any atom is -0.378 e.